The van der Waals surface area contributed by atoms with Gasteiger partial charge >= 0.3 is 0 Å². The molecule has 0 saturated carbocycles. The minimum Gasteiger partial charge on any atom is -0.486 e. The largest absolute Gasteiger partial charge is 0.486 e. The fourth-order valence-electron chi connectivity index (χ4n) is 1.91. The molecule has 3 aromatic rings. The van der Waals surface area contributed by atoms with Crippen molar-refractivity contribution in [1.82, 2.24) is 0 Å². The predicted molar refractivity (Wildman–Crippen MR) is 87.1 cm³/mol. The van der Waals surface area contributed by atoms with Crippen molar-refractivity contribution < 1.29 is 18.3 Å². The standard InChI is InChI=1S/C18H13FO3S/c19-13-3-5-14(6-4-13)21-12-16-8-7-15(22-16)9-10-17(20)18-2-1-11-23-18/h1-11H,12H2/b10-9+. The fraction of sp³-hybridized carbons (Fsp3) is 0.0556. The van der Waals surface area contributed by atoms with Crippen LogP contribution in [-0.4, -0.2) is 5.78 Å². The Hall–Kier alpha value is -2.66. The van der Waals surface area contributed by atoms with Crippen LogP contribution in [0.5, 0.6) is 5.75 Å². The number of allylic oxidation sites excluding steroid dienone is 1. The molecule has 0 fully saturated rings. The summed E-state index contributed by atoms with van der Waals surface area (Å²) in [6, 6.07) is 12.9. The van der Waals surface area contributed by atoms with E-state index < -0.39 is 0 Å². The molecule has 2 aromatic heterocycles. The van der Waals surface area contributed by atoms with Crippen LogP contribution in [0.15, 0.2) is 64.4 Å². The molecule has 0 bridgehead atoms. The molecule has 116 valence electrons. The lowest BCUT2D eigenvalue weighted by atomic mass is 10.3. The van der Waals surface area contributed by atoms with Gasteiger partial charge in [-0.2, -0.15) is 0 Å². The number of carbonyl (C=O) groups excluding carboxylic acids is 1. The highest BCUT2D eigenvalue weighted by Gasteiger charge is 2.04. The number of furan rings is 1. The van der Waals surface area contributed by atoms with Crippen molar-refractivity contribution in [1.29, 1.82) is 0 Å². The monoisotopic (exact) mass is 328 g/mol. The third-order valence-corrected chi connectivity index (χ3v) is 3.92. The topological polar surface area (TPSA) is 39.4 Å². The molecule has 0 aliphatic heterocycles. The van der Waals surface area contributed by atoms with E-state index in [1.165, 1.54) is 29.5 Å². The van der Waals surface area contributed by atoms with Crippen LogP contribution >= 0.6 is 11.3 Å². The van der Waals surface area contributed by atoms with Crippen LogP contribution in [0.1, 0.15) is 21.2 Å². The SMILES string of the molecule is O=C(/C=C/c1ccc(COc2ccc(F)cc2)o1)c1cccs1. The van der Waals surface area contributed by atoms with Crippen LogP contribution in [0.3, 0.4) is 0 Å². The Morgan fingerprint density at radius 2 is 2.00 bits per heavy atom. The summed E-state index contributed by atoms with van der Waals surface area (Å²) >= 11 is 1.40. The van der Waals surface area contributed by atoms with Gasteiger partial charge in [0.25, 0.3) is 0 Å². The van der Waals surface area contributed by atoms with Gasteiger partial charge in [-0.3, -0.25) is 4.79 Å². The van der Waals surface area contributed by atoms with Crippen LogP contribution in [0, 0.1) is 5.82 Å². The number of rotatable bonds is 6. The first-order valence-corrected chi connectivity index (χ1v) is 7.82. The van der Waals surface area contributed by atoms with Crippen LogP contribution < -0.4 is 4.74 Å². The molecule has 0 N–H and O–H groups in total. The summed E-state index contributed by atoms with van der Waals surface area (Å²) < 4.78 is 23.9. The van der Waals surface area contributed by atoms with Crippen LogP contribution in [0.25, 0.3) is 6.08 Å². The van der Waals surface area contributed by atoms with E-state index >= 15 is 0 Å². The summed E-state index contributed by atoms with van der Waals surface area (Å²) in [4.78, 5) is 12.5. The average Bonchev–Trinajstić information content (AvgIpc) is 3.24. The number of ether oxygens (including phenoxy) is 1. The highest BCUT2D eigenvalue weighted by molar-refractivity contribution is 7.12. The quantitative estimate of drug-likeness (QED) is 0.474. The second kappa shape index (κ2) is 7.07. The van der Waals surface area contributed by atoms with Crippen LogP contribution in [-0.2, 0) is 6.61 Å². The Morgan fingerprint density at radius 3 is 2.74 bits per heavy atom. The minimum absolute atomic E-state index is 0.0551. The minimum atomic E-state index is -0.307. The highest BCUT2D eigenvalue weighted by atomic mass is 32.1. The third kappa shape index (κ3) is 4.17. The molecule has 0 aliphatic carbocycles. The zero-order valence-electron chi connectivity index (χ0n) is 12.1. The maximum absolute atomic E-state index is 12.8. The molecule has 0 saturated heterocycles. The molecule has 0 amide bonds. The lowest BCUT2D eigenvalue weighted by Crippen LogP contribution is -1.93. The van der Waals surface area contributed by atoms with Crippen LogP contribution in [0.4, 0.5) is 4.39 Å². The molecule has 5 heteroatoms. The van der Waals surface area contributed by atoms with Gasteiger partial charge in [-0.25, -0.2) is 4.39 Å². The van der Waals surface area contributed by atoms with E-state index in [0.717, 1.165) is 0 Å². The van der Waals surface area contributed by atoms with Gasteiger partial charge in [-0.1, -0.05) is 6.07 Å². The molecule has 0 radical (unpaired) electrons. The van der Waals surface area contributed by atoms with Crippen molar-refractivity contribution in [3.63, 3.8) is 0 Å². The number of carbonyl (C=O) groups is 1. The lowest BCUT2D eigenvalue weighted by Gasteiger charge is -2.03. The van der Waals surface area contributed by atoms with Gasteiger partial charge in [0.1, 0.15) is 29.7 Å². The zero-order valence-corrected chi connectivity index (χ0v) is 12.9. The lowest BCUT2D eigenvalue weighted by molar-refractivity contribution is 0.105. The van der Waals surface area contributed by atoms with Gasteiger partial charge in [-0.15, -0.1) is 11.3 Å². The number of hydrogen-bond acceptors (Lipinski definition) is 4. The van der Waals surface area contributed by atoms with Gasteiger partial charge in [0.2, 0.25) is 0 Å². The van der Waals surface area contributed by atoms with Crippen molar-refractivity contribution in [3.8, 4) is 5.75 Å². The number of ketones is 1. The predicted octanol–water partition coefficient (Wildman–Crippen LogP) is 4.96. The Balaban J connectivity index is 1.57. The molecule has 0 unspecified atom stereocenters. The van der Waals surface area contributed by atoms with E-state index in [1.54, 1.807) is 36.4 Å². The molecule has 23 heavy (non-hydrogen) atoms. The van der Waals surface area contributed by atoms with Crippen molar-refractivity contribution in [2.24, 2.45) is 0 Å². The fourth-order valence-corrected chi connectivity index (χ4v) is 2.55. The molecule has 0 spiro atoms. The van der Waals surface area contributed by atoms with E-state index in [-0.39, 0.29) is 18.2 Å². The van der Waals surface area contributed by atoms with E-state index in [9.17, 15) is 9.18 Å². The van der Waals surface area contributed by atoms with Gasteiger partial charge < -0.3 is 9.15 Å². The smallest absolute Gasteiger partial charge is 0.195 e. The van der Waals surface area contributed by atoms with Crippen molar-refractivity contribution >= 4 is 23.2 Å². The Kier molecular flexibility index (Phi) is 4.68. The van der Waals surface area contributed by atoms with Crippen LogP contribution in [0.2, 0.25) is 0 Å². The summed E-state index contributed by atoms with van der Waals surface area (Å²) in [6.45, 7) is 0.234. The third-order valence-electron chi connectivity index (χ3n) is 3.04. The Morgan fingerprint density at radius 1 is 1.17 bits per heavy atom. The van der Waals surface area contributed by atoms with Gasteiger partial charge in [0, 0.05) is 0 Å². The first-order valence-electron chi connectivity index (χ1n) is 6.94. The first-order chi connectivity index (χ1) is 11.2. The van der Waals surface area contributed by atoms with Crippen molar-refractivity contribution in [2.75, 3.05) is 0 Å². The summed E-state index contributed by atoms with van der Waals surface area (Å²) in [5.74, 6) is 1.40. The number of hydrogen-bond donors (Lipinski definition) is 0. The molecule has 3 rings (SSSR count). The molecule has 0 aliphatic rings. The Bertz CT molecular complexity index is 801. The molecule has 3 nitrogen and oxygen atoms in total. The Labute approximate surface area is 136 Å². The molecule has 1 aromatic carbocycles. The number of benzene rings is 1. The summed E-state index contributed by atoms with van der Waals surface area (Å²) in [5, 5.41) is 1.86. The second-order valence-electron chi connectivity index (χ2n) is 4.72. The highest BCUT2D eigenvalue weighted by Crippen LogP contribution is 2.16. The summed E-state index contributed by atoms with van der Waals surface area (Å²) in [5.41, 5.74) is 0. The van der Waals surface area contributed by atoms with Gasteiger partial charge in [0.05, 0.1) is 4.88 Å². The maximum atomic E-state index is 12.8. The zero-order chi connectivity index (χ0) is 16.1. The number of halogens is 1. The average molecular weight is 328 g/mol. The van der Waals surface area contributed by atoms with E-state index in [4.69, 9.17) is 9.15 Å². The van der Waals surface area contributed by atoms with Gasteiger partial charge in [-0.05, 0) is 60.0 Å². The van der Waals surface area contributed by atoms with E-state index in [2.05, 4.69) is 0 Å². The molecular formula is C18H13FO3S. The van der Waals surface area contributed by atoms with Gasteiger partial charge in [0.15, 0.2) is 5.78 Å². The second-order valence-corrected chi connectivity index (χ2v) is 5.67. The summed E-state index contributed by atoms with van der Waals surface area (Å²) in [7, 11) is 0. The molecular weight excluding hydrogens is 315 g/mol. The van der Waals surface area contributed by atoms with E-state index in [1.807, 2.05) is 11.4 Å². The maximum Gasteiger partial charge on any atom is 0.195 e. The van der Waals surface area contributed by atoms with E-state index in [0.29, 0.717) is 22.1 Å². The molecule has 0 atom stereocenters. The number of thiophene rings is 1. The first kappa shape index (κ1) is 15.2. The van der Waals surface area contributed by atoms with Crippen molar-refractivity contribution in [2.45, 2.75) is 6.61 Å². The molecule has 2 heterocycles. The normalized spacial score (nSPS) is 11.0. The van der Waals surface area contributed by atoms with Crippen molar-refractivity contribution in [3.05, 3.63) is 82.2 Å². The summed E-state index contributed by atoms with van der Waals surface area (Å²) in [6.07, 6.45) is 3.11.